The number of hydrogen-bond acceptors (Lipinski definition) is 3. The van der Waals surface area contributed by atoms with Crippen LogP contribution in [0.15, 0.2) is 0 Å². The Balaban J connectivity index is 1.72. The summed E-state index contributed by atoms with van der Waals surface area (Å²) < 4.78 is 0. The van der Waals surface area contributed by atoms with Crippen molar-refractivity contribution in [1.82, 2.24) is 4.90 Å². The van der Waals surface area contributed by atoms with Gasteiger partial charge < -0.3 is 15.7 Å². The molecule has 2 fully saturated rings. The molecule has 2 atom stereocenters. The minimum absolute atomic E-state index is 0.0778. The van der Waals surface area contributed by atoms with Gasteiger partial charge in [0.2, 0.25) is 0 Å². The summed E-state index contributed by atoms with van der Waals surface area (Å²) in [7, 11) is 0. The third-order valence-electron chi connectivity index (χ3n) is 4.12. The third-order valence-corrected chi connectivity index (χ3v) is 4.12. The molecule has 0 amide bonds. The largest absolute Gasteiger partial charge is 0.392 e. The van der Waals surface area contributed by atoms with Crippen LogP contribution in [0.2, 0.25) is 0 Å². The van der Waals surface area contributed by atoms with E-state index >= 15 is 0 Å². The van der Waals surface area contributed by atoms with Crippen LogP contribution in [0.5, 0.6) is 0 Å². The van der Waals surface area contributed by atoms with Gasteiger partial charge in [-0.2, -0.15) is 0 Å². The Labute approximate surface area is 92.6 Å². The zero-order valence-electron chi connectivity index (χ0n) is 9.78. The standard InChI is InChI=1S/C12H24N2O/c1-10(15)11(13)7-14-8-12(9-14)5-3-2-4-6-12/h10-11,15H,2-9,13H2,1H3. The van der Waals surface area contributed by atoms with Gasteiger partial charge in [-0.3, -0.25) is 0 Å². The van der Waals surface area contributed by atoms with Gasteiger partial charge in [-0.1, -0.05) is 19.3 Å². The molecule has 2 rings (SSSR count). The number of aliphatic hydroxyl groups excluding tert-OH is 1. The second kappa shape index (κ2) is 4.40. The molecule has 0 radical (unpaired) electrons. The molecular formula is C12H24N2O. The van der Waals surface area contributed by atoms with Gasteiger partial charge in [0.25, 0.3) is 0 Å². The van der Waals surface area contributed by atoms with Crippen LogP contribution in [0.4, 0.5) is 0 Å². The fraction of sp³-hybridized carbons (Fsp3) is 1.00. The Kier molecular flexibility index (Phi) is 3.33. The lowest BCUT2D eigenvalue weighted by Crippen LogP contribution is -2.60. The first-order valence-electron chi connectivity index (χ1n) is 6.27. The van der Waals surface area contributed by atoms with E-state index in [0.717, 1.165) is 6.54 Å². The van der Waals surface area contributed by atoms with E-state index in [4.69, 9.17) is 5.73 Å². The van der Waals surface area contributed by atoms with Gasteiger partial charge in [0, 0.05) is 25.7 Å². The fourth-order valence-electron chi connectivity index (χ4n) is 3.10. The lowest BCUT2D eigenvalue weighted by atomic mass is 9.68. The molecule has 1 heterocycles. The van der Waals surface area contributed by atoms with Gasteiger partial charge in [0.15, 0.2) is 0 Å². The second-order valence-corrected chi connectivity index (χ2v) is 5.63. The van der Waals surface area contributed by atoms with E-state index in [0.29, 0.717) is 5.41 Å². The van der Waals surface area contributed by atoms with Crippen molar-refractivity contribution in [3.8, 4) is 0 Å². The minimum Gasteiger partial charge on any atom is -0.392 e. The van der Waals surface area contributed by atoms with Crippen molar-refractivity contribution < 1.29 is 5.11 Å². The van der Waals surface area contributed by atoms with Crippen molar-refractivity contribution in [1.29, 1.82) is 0 Å². The molecule has 3 nitrogen and oxygen atoms in total. The van der Waals surface area contributed by atoms with Crippen LogP contribution < -0.4 is 5.73 Å². The summed E-state index contributed by atoms with van der Waals surface area (Å²) >= 11 is 0. The van der Waals surface area contributed by atoms with Crippen molar-refractivity contribution in [2.75, 3.05) is 19.6 Å². The van der Waals surface area contributed by atoms with Crippen LogP contribution in [-0.2, 0) is 0 Å². The number of hydrogen-bond donors (Lipinski definition) is 2. The van der Waals surface area contributed by atoms with Crippen molar-refractivity contribution >= 4 is 0 Å². The first-order chi connectivity index (χ1) is 7.11. The van der Waals surface area contributed by atoms with E-state index in [1.165, 1.54) is 45.2 Å². The molecule has 0 aromatic heterocycles. The zero-order chi connectivity index (χ0) is 10.9. The molecule has 1 aliphatic heterocycles. The summed E-state index contributed by atoms with van der Waals surface area (Å²) in [5.41, 5.74) is 6.49. The van der Waals surface area contributed by atoms with Crippen LogP contribution in [-0.4, -0.2) is 41.8 Å². The molecule has 2 aliphatic rings. The molecule has 3 N–H and O–H groups in total. The summed E-state index contributed by atoms with van der Waals surface area (Å²) in [5, 5.41) is 9.34. The molecule has 1 spiro atoms. The maximum Gasteiger partial charge on any atom is 0.0675 e. The zero-order valence-corrected chi connectivity index (χ0v) is 9.78. The van der Waals surface area contributed by atoms with Crippen LogP contribution in [0.25, 0.3) is 0 Å². The van der Waals surface area contributed by atoms with Crippen LogP contribution in [0.1, 0.15) is 39.0 Å². The minimum atomic E-state index is -0.382. The highest BCUT2D eigenvalue weighted by Gasteiger charge is 2.43. The van der Waals surface area contributed by atoms with Gasteiger partial charge in [-0.05, 0) is 25.2 Å². The van der Waals surface area contributed by atoms with E-state index in [1.807, 2.05) is 0 Å². The van der Waals surface area contributed by atoms with Crippen molar-refractivity contribution in [2.24, 2.45) is 11.1 Å². The first kappa shape index (κ1) is 11.4. The maximum absolute atomic E-state index is 9.34. The Morgan fingerprint density at radius 2 is 1.87 bits per heavy atom. The topological polar surface area (TPSA) is 49.5 Å². The van der Waals surface area contributed by atoms with E-state index in [2.05, 4.69) is 4.90 Å². The van der Waals surface area contributed by atoms with Gasteiger partial charge in [-0.25, -0.2) is 0 Å². The SMILES string of the molecule is CC(O)C(N)CN1CC2(CCCCC2)C1. The van der Waals surface area contributed by atoms with Gasteiger partial charge >= 0.3 is 0 Å². The number of rotatable bonds is 3. The molecular weight excluding hydrogens is 188 g/mol. The molecule has 1 saturated carbocycles. The van der Waals surface area contributed by atoms with E-state index in [9.17, 15) is 5.11 Å². The van der Waals surface area contributed by atoms with Crippen molar-refractivity contribution in [2.45, 2.75) is 51.2 Å². The number of aliphatic hydroxyl groups is 1. The lowest BCUT2D eigenvalue weighted by Gasteiger charge is -2.53. The lowest BCUT2D eigenvalue weighted by molar-refractivity contribution is -0.0374. The number of likely N-dealkylation sites (tertiary alicyclic amines) is 1. The highest BCUT2D eigenvalue weighted by molar-refractivity contribution is 4.97. The Morgan fingerprint density at radius 3 is 2.40 bits per heavy atom. The molecule has 2 unspecified atom stereocenters. The van der Waals surface area contributed by atoms with Crippen LogP contribution in [0, 0.1) is 5.41 Å². The van der Waals surface area contributed by atoms with Gasteiger partial charge in [0.1, 0.15) is 0 Å². The first-order valence-corrected chi connectivity index (χ1v) is 6.27. The Morgan fingerprint density at radius 1 is 1.27 bits per heavy atom. The average molecular weight is 212 g/mol. The molecule has 88 valence electrons. The van der Waals surface area contributed by atoms with Crippen LogP contribution >= 0.6 is 0 Å². The normalized spacial score (nSPS) is 29.8. The molecule has 0 bridgehead atoms. The van der Waals surface area contributed by atoms with Gasteiger partial charge in [0.05, 0.1) is 6.10 Å². The third kappa shape index (κ3) is 2.52. The van der Waals surface area contributed by atoms with E-state index in [1.54, 1.807) is 6.92 Å². The van der Waals surface area contributed by atoms with Crippen molar-refractivity contribution in [3.05, 3.63) is 0 Å². The highest BCUT2D eigenvalue weighted by Crippen LogP contribution is 2.43. The fourth-order valence-corrected chi connectivity index (χ4v) is 3.10. The summed E-state index contributed by atoms with van der Waals surface area (Å²) in [4.78, 5) is 2.41. The predicted octanol–water partition coefficient (Wildman–Crippen LogP) is 0.961. The maximum atomic E-state index is 9.34. The summed E-state index contributed by atoms with van der Waals surface area (Å²) in [6, 6.07) is -0.0778. The summed E-state index contributed by atoms with van der Waals surface area (Å²) in [6.45, 7) is 5.07. The Hall–Kier alpha value is -0.120. The van der Waals surface area contributed by atoms with E-state index < -0.39 is 0 Å². The molecule has 1 saturated heterocycles. The smallest absolute Gasteiger partial charge is 0.0675 e. The van der Waals surface area contributed by atoms with Gasteiger partial charge in [-0.15, -0.1) is 0 Å². The van der Waals surface area contributed by atoms with E-state index in [-0.39, 0.29) is 12.1 Å². The van der Waals surface area contributed by atoms with Crippen molar-refractivity contribution in [3.63, 3.8) is 0 Å². The Bertz CT molecular complexity index is 204. The molecule has 1 aliphatic carbocycles. The molecule has 0 aromatic carbocycles. The average Bonchev–Trinajstić information content (AvgIpc) is 2.16. The molecule has 15 heavy (non-hydrogen) atoms. The second-order valence-electron chi connectivity index (χ2n) is 5.63. The number of nitrogens with two attached hydrogens (primary N) is 1. The molecule has 0 aromatic rings. The summed E-state index contributed by atoms with van der Waals surface area (Å²) in [5.74, 6) is 0. The monoisotopic (exact) mass is 212 g/mol. The number of nitrogens with zero attached hydrogens (tertiary/aromatic N) is 1. The predicted molar refractivity (Wildman–Crippen MR) is 61.6 cm³/mol. The van der Waals surface area contributed by atoms with Crippen LogP contribution in [0.3, 0.4) is 0 Å². The summed E-state index contributed by atoms with van der Waals surface area (Å²) in [6.07, 6.45) is 6.69. The molecule has 3 heteroatoms. The highest BCUT2D eigenvalue weighted by atomic mass is 16.3. The quantitative estimate of drug-likeness (QED) is 0.732.